The summed E-state index contributed by atoms with van der Waals surface area (Å²) in [4.78, 5) is 41.9. The lowest BCUT2D eigenvalue weighted by atomic mass is 9.99. The molecule has 166 valence electrons. The molecule has 2 N–H and O–H groups in total. The largest absolute Gasteiger partial charge is 0.465 e. The number of carbonyl (C=O) groups is 3. The highest BCUT2D eigenvalue weighted by Gasteiger charge is 2.41. The first-order valence-electron chi connectivity index (χ1n) is 10.9. The molecule has 1 saturated carbocycles. The summed E-state index contributed by atoms with van der Waals surface area (Å²) in [7, 11) is 0. The van der Waals surface area contributed by atoms with E-state index in [9.17, 15) is 24.6 Å². The number of amides is 3. The van der Waals surface area contributed by atoms with Crippen LogP contribution in [0.2, 0.25) is 0 Å². The molecular weight excluding hydrogens is 410 g/mol. The minimum atomic E-state index is -1.05. The molecule has 2 aromatic rings. The quantitative estimate of drug-likeness (QED) is 0.772. The number of carbonyl (C=O) groups excluding carboxylic acids is 2. The smallest absolute Gasteiger partial charge is 0.411 e. The van der Waals surface area contributed by atoms with E-state index in [4.69, 9.17) is 0 Å². The van der Waals surface area contributed by atoms with Crippen molar-refractivity contribution in [3.05, 3.63) is 48.0 Å². The van der Waals surface area contributed by atoms with Crippen molar-refractivity contribution in [2.45, 2.75) is 31.9 Å². The molecule has 3 amide bonds. The van der Waals surface area contributed by atoms with Crippen molar-refractivity contribution >= 4 is 29.3 Å². The number of carboxylic acid groups (broad SMARTS) is 1. The van der Waals surface area contributed by atoms with Crippen molar-refractivity contribution < 1.29 is 24.6 Å². The van der Waals surface area contributed by atoms with Crippen molar-refractivity contribution in [2.75, 3.05) is 29.4 Å². The van der Waals surface area contributed by atoms with E-state index in [-0.39, 0.29) is 30.3 Å². The summed E-state index contributed by atoms with van der Waals surface area (Å²) >= 11 is 0. The number of fused-ring (bicyclic) bond motifs is 1. The molecule has 0 radical (unpaired) electrons. The number of β-amino-alcohol motifs (C(OH)–C–C–N with tert-alkyl or cyclic N) is 1. The topological polar surface area (TPSA) is 101 Å². The number of anilines is 2. The molecule has 1 saturated heterocycles. The summed E-state index contributed by atoms with van der Waals surface area (Å²) in [5, 5.41) is 19.2. The van der Waals surface area contributed by atoms with Gasteiger partial charge < -0.3 is 20.0 Å². The van der Waals surface area contributed by atoms with Gasteiger partial charge in [-0.15, -0.1) is 0 Å². The number of benzene rings is 2. The van der Waals surface area contributed by atoms with Crippen molar-refractivity contribution in [3.63, 3.8) is 0 Å². The Bertz CT molecular complexity index is 1090. The van der Waals surface area contributed by atoms with Gasteiger partial charge in [0, 0.05) is 31.1 Å². The maximum Gasteiger partial charge on any atom is 0.411 e. The van der Waals surface area contributed by atoms with Crippen LogP contribution in [0.5, 0.6) is 0 Å². The van der Waals surface area contributed by atoms with Gasteiger partial charge in [-0.25, -0.2) is 4.79 Å². The predicted octanol–water partition coefficient (Wildman–Crippen LogP) is 2.80. The highest BCUT2D eigenvalue weighted by Crippen LogP contribution is 2.42. The van der Waals surface area contributed by atoms with Crippen LogP contribution in [0.4, 0.5) is 16.2 Å². The summed E-state index contributed by atoms with van der Waals surface area (Å²) in [6, 6.07) is 12.4. The zero-order valence-corrected chi connectivity index (χ0v) is 17.8. The summed E-state index contributed by atoms with van der Waals surface area (Å²) in [5.74, 6) is -0.0120. The molecule has 2 fully saturated rings. The first-order valence-corrected chi connectivity index (χ1v) is 10.9. The van der Waals surface area contributed by atoms with E-state index < -0.39 is 12.2 Å². The van der Waals surface area contributed by atoms with Gasteiger partial charge in [0.15, 0.2) is 0 Å². The molecule has 1 aliphatic carbocycles. The van der Waals surface area contributed by atoms with Crippen LogP contribution < -0.4 is 9.80 Å². The Kier molecular flexibility index (Phi) is 4.89. The Hall–Kier alpha value is -3.39. The summed E-state index contributed by atoms with van der Waals surface area (Å²) in [5.41, 5.74) is 3.31. The molecule has 8 nitrogen and oxygen atoms in total. The van der Waals surface area contributed by atoms with Gasteiger partial charge in [-0.2, -0.15) is 0 Å². The maximum atomic E-state index is 12.9. The normalized spacial score (nSPS) is 20.6. The average Bonchev–Trinajstić information content (AvgIpc) is 3.61. The third-order valence-corrected chi connectivity index (χ3v) is 6.42. The number of hydrogen-bond donors (Lipinski definition) is 2. The van der Waals surface area contributed by atoms with Crippen LogP contribution in [0.3, 0.4) is 0 Å². The van der Waals surface area contributed by atoms with Crippen molar-refractivity contribution in [1.82, 2.24) is 4.90 Å². The number of hydrogen-bond acceptors (Lipinski definition) is 4. The van der Waals surface area contributed by atoms with Gasteiger partial charge in [-0.3, -0.25) is 14.5 Å². The molecule has 0 unspecified atom stereocenters. The van der Waals surface area contributed by atoms with E-state index in [1.165, 1.54) is 4.90 Å². The maximum absolute atomic E-state index is 12.9. The summed E-state index contributed by atoms with van der Waals surface area (Å²) in [6.07, 6.45) is 0.283. The fourth-order valence-corrected chi connectivity index (χ4v) is 4.46. The second kappa shape index (κ2) is 7.63. The Balaban J connectivity index is 1.46. The van der Waals surface area contributed by atoms with Crippen molar-refractivity contribution in [2.24, 2.45) is 5.92 Å². The van der Waals surface area contributed by atoms with Crippen LogP contribution in [-0.2, 0) is 4.79 Å². The van der Waals surface area contributed by atoms with Crippen molar-refractivity contribution in [1.29, 1.82) is 0 Å². The first-order chi connectivity index (χ1) is 15.3. The van der Waals surface area contributed by atoms with Crippen LogP contribution in [0.1, 0.15) is 30.1 Å². The van der Waals surface area contributed by atoms with Gasteiger partial charge in [-0.05, 0) is 55.2 Å². The van der Waals surface area contributed by atoms with E-state index in [1.54, 1.807) is 28.0 Å². The van der Waals surface area contributed by atoms with Crippen LogP contribution in [0, 0.1) is 5.92 Å². The minimum Gasteiger partial charge on any atom is -0.465 e. The molecule has 0 spiro atoms. The molecule has 2 heterocycles. The number of likely N-dealkylation sites (tertiary alicyclic amines) is 1. The SMILES string of the molecule is C[C@H]1CN(C(=O)O)c2cc(-c3ccc(C(=O)N4CC(O)C4)cc3)ccc2N1C(=O)C1CC1. The van der Waals surface area contributed by atoms with Crippen LogP contribution in [0.15, 0.2) is 42.5 Å². The van der Waals surface area contributed by atoms with Gasteiger partial charge >= 0.3 is 6.09 Å². The molecule has 0 aromatic heterocycles. The number of aliphatic hydroxyl groups excluding tert-OH is 1. The average molecular weight is 435 g/mol. The molecular formula is C24H25N3O5. The Morgan fingerprint density at radius 3 is 2.16 bits per heavy atom. The Labute approximate surface area is 185 Å². The lowest BCUT2D eigenvalue weighted by Gasteiger charge is -2.40. The molecule has 2 aromatic carbocycles. The minimum absolute atomic E-state index is 0.0407. The van der Waals surface area contributed by atoms with E-state index in [1.807, 2.05) is 31.2 Å². The standard InChI is InChI=1S/C24H25N3O5/c1-14-11-26(24(31)32)21-10-18(8-9-20(21)27(14)23(30)17-6-7-17)15-2-4-16(5-3-15)22(29)25-12-19(28)13-25/h2-5,8-10,14,17,19,28H,6-7,11-13H2,1H3,(H,31,32)/t14-/m0/s1. The fourth-order valence-electron chi connectivity index (χ4n) is 4.46. The monoisotopic (exact) mass is 435 g/mol. The van der Waals surface area contributed by atoms with Crippen LogP contribution in [-0.4, -0.2) is 64.8 Å². The summed E-state index contributed by atoms with van der Waals surface area (Å²) < 4.78 is 0. The third kappa shape index (κ3) is 3.50. The second-order valence-corrected chi connectivity index (χ2v) is 8.87. The highest BCUT2D eigenvalue weighted by molar-refractivity contribution is 6.05. The van der Waals surface area contributed by atoms with Gasteiger partial charge in [0.25, 0.3) is 5.91 Å². The van der Waals surface area contributed by atoms with E-state index >= 15 is 0 Å². The van der Waals surface area contributed by atoms with Gasteiger partial charge in [0.1, 0.15) is 0 Å². The molecule has 2 aliphatic heterocycles. The van der Waals surface area contributed by atoms with Crippen molar-refractivity contribution in [3.8, 4) is 11.1 Å². The molecule has 0 bridgehead atoms. The van der Waals surface area contributed by atoms with Gasteiger partial charge in [0.05, 0.1) is 23.5 Å². The molecule has 32 heavy (non-hydrogen) atoms. The molecule has 3 aliphatic rings. The highest BCUT2D eigenvalue weighted by atomic mass is 16.4. The summed E-state index contributed by atoms with van der Waals surface area (Å²) in [6.45, 7) is 2.80. The lowest BCUT2D eigenvalue weighted by molar-refractivity contribution is -0.120. The third-order valence-electron chi connectivity index (χ3n) is 6.42. The number of nitrogens with zero attached hydrogens (tertiary/aromatic N) is 3. The predicted molar refractivity (Wildman–Crippen MR) is 119 cm³/mol. The Morgan fingerprint density at radius 1 is 0.906 bits per heavy atom. The second-order valence-electron chi connectivity index (χ2n) is 8.87. The van der Waals surface area contributed by atoms with E-state index in [2.05, 4.69) is 0 Å². The molecule has 8 heteroatoms. The first kappa shape index (κ1) is 20.5. The zero-order chi connectivity index (χ0) is 22.6. The van der Waals surface area contributed by atoms with Crippen LogP contribution in [0.25, 0.3) is 11.1 Å². The van der Waals surface area contributed by atoms with Gasteiger partial charge in [0.2, 0.25) is 5.91 Å². The van der Waals surface area contributed by atoms with Gasteiger partial charge in [-0.1, -0.05) is 18.2 Å². The Morgan fingerprint density at radius 2 is 1.56 bits per heavy atom. The molecule has 1 atom stereocenters. The molecule has 5 rings (SSSR count). The zero-order valence-electron chi connectivity index (χ0n) is 17.8. The number of aliphatic hydroxyl groups is 1. The number of rotatable bonds is 3. The fraction of sp³-hybridized carbons (Fsp3) is 0.375. The van der Waals surface area contributed by atoms with E-state index in [0.717, 1.165) is 24.0 Å². The van der Waals surface area contributed by atoms with Crippen LogP contribution >= 0.6 is 0 Å². The van der Waals surface area contributed by atoms with E-state index in [0.29, 0.717) is 30.0 Å². The lowest BCUT2D eigenvalue weighted by Crippen LogP contribution is -2.53.